The minimum Gasteiger partial charge on any atom is -0.497 e. The molecule has 0 saturated carbocycles. The van der Waals surface area contributed by atoms with E-state index in [4.69, 9.17) is 15.2 Å². The largest absolute Gasteiger partial charge is 0.497 e. The van der Waals surface area contributed by atoms with Gasteiger partial charge in [0.1, 0.15) is 11.5 Å². The van der Waals surface area contributed by atoms with Crippen molar-refractivity contribution < 1.29 is 19.1 Å². The summed E-state index contributed by atoms with van der Waals surface area (Å²) in [7, 11) is 4.74. The molecule has 0 atom stereocenters. The molecule has 0 fully saturated rings. The summed E-state index contributed by atoms with van der Waals surface area (Å²) < 4.78 is 10.2. The lowest BCUT2D eigenvalue weighted by molar-refractivity contribution is 0.0785. The van der Waals surface area contributed by atoms with E-state index in [9.17, 15) is 9.59 Å². The number of carbonyl (C=O) groups excluding carboxylic acids is 2. The van der Waals surface area contributed by atoms with E-state index in [1.165, 1.54) is 13.2 Å². The summed E-state index contributed by atoms with van der Waals surface area (Å²) in [5.74, 6) is 0.251. The number of primary amides is 1. The normalized spacial score (nSPS) is 10.1. The van der Waals surface area contributed by atoms with Gasteiger partial charge in [0.05, 0.1) is 19.8 Å². The molecule has 0 aromatic heterocycles. The van der Waals surface area contributed by atoms with E-state index < -0.39 is 5.91 Å². The average Bonchev–Trinajstić information content (AvgIpc) is 2.61. The van der Waals surface area contributed by atoms with Gasteiger partial charge in [-0.3, -0.25) is 9.59 Å². The number of carbonyl (C=O) groups is 2. The van der Waals surface area contributed by atoms with Crippen LogP contribution in [0.3, 0.4) is 0 Å². The fourth-order valence-corrected chi connectivity index (χ4v) is 2.33. The maximum absolute atomic E-state index is 12.6. The second-order valence-electron chi connectivity index (χ2n) is 5.29. The van der Waals surface area contributed by atoms with Gasteiger partial charge in [0.2, 0.25) is 0 Å². The zero-order chi connectivity index (χ0) is 17.7. The minimum absolute atomic E-state index is 0.182. The van der Waals surface area contributed by atoms with Crippen LogP contribution in [0.2, 0.25) is 0 Å². The zero-order valence-electron chi connectivity index (χ0n) is 13.9. The Labute approximate surface area is 140 Å². The number of benzene rings is 2. The van der Waals surface area contributed by atoms with Crippen molar-refractivity contribution in [3.8, 4) is 11.5 Å². The SMILES string of the molecule is COc1ccc(CN(C)C(=O)c2ccc(OC)c(C(N)=O)c2)cc1. The lowest BCUT2D eigenvalue weighted by Gasteiger charge is -2.18. The topological polar surface area (TPSA) is 81.9 Å². The molecular formula is C18H20N2O4. The molecule has 0 radical (unpaired) electrons. The van der Waals surface area contributed by atoms with Gasteiger partial charge in [0.25, 0.3) is 11.8 Å². The Bertz CT molecular complexity index is 741. The molecule has 0 unspecified atom stereocenters. The van der Waals surface area contributed by atoms with Gasteiger partial charge < -0.3 is 20.1 Å². The van der Waals surface area contributed by atoms with Crippen LogP contribution < -0.4 is 15.2 Å². The number of nitrogens with zero attached hydrogens (tertiary/aromatic N) is 1. The maximum atomic E-state index is 12.6. The van der Waals surface area contributed by atoms with Crippen molar-refractivity contribution in [2.75, 3.05) is 21.3 Å². The quantitative estimate of drug-likeness (QED) is 0.880. The molecule has 2 aromatic rings. The average molecular weight is 328 g/mol. The van der Waals surface area contributed by atoms with Crippen LogP contribution in [-0.4, -0.2) is 38.0 Å². The first-order chi connectivity index (χ1) is 11.5. The molecule has 0 spiro atoms. The van der Waals surface area contributed by atoms with Crippen LogP contribution in [0.25, 0.3) is 0 Å². The molecule has 6 heteroatoms. The molecule has 2 amide bonds. The highest BCUT2D eigenvalue weighted by molar-refractivity contribution is 6.00. The van der Waals surface area contributed by atoms with E-state index in [0.29, 0.717) is 17.9 Å². The van der Waals surface area contributed by atoms with Crippen LogP contribution >= 0.6 is 0 Å². The molecule has 2 rings (SSSR count). The van der Waals surface area contributed by atoms with Crippen molar-refractivity contribution in [2.45, 2.75) is 6.54 Å². The number of hydrogen-bond acceptors (Lipinski definition) is 4. The highest BCUT2D eigenvalue weighted by atomic mass is 16.5. The van der Waals surface area contributed by atoms with Crippen molar-refractivity contribution in [1.82, 2.24) is 4.90 Å². The Balaban J connectivity index is 2.17. The number of nitrogens with two attached hydrogens (primary N) is 1. The molecular weight excluding hydrogens is 308 g/mol. The van der Waals surface area contributed by atoms with E-state index in [1.807, 2.05) is 24.3 Å². The van der Waals surface area contributed by atoms with E-state index in [-0.39, 0.29) is 11.5 Å². The van der Waals surface area contributed by atoms with Gasteiger partial charge in [0.15, 0.2) is 0 Å². The Morgan fingerprint density at radius 1 is 1.04 bits per heavy atom. The van der Waals surface area contributed by atoms with Crippen LogP contribution in [0.4, 0.5) is 0 Å². The summed E-state index contributed by atoms with van der Waals surface area (Å²) in [4.78, 5) is 25.6. The van der Waals surface area contributed by atoms with Crippen molar-refractivity contribution in [2.24, 2.45) is 5.73 Å². The van der Waals surface area contributed by atoms with E-state index in [2.05, 4.69) is 0 Å². The third-order valence-corrected chi connectivity index (χ3v) is 3.64. The minimum atomic E-state index is -0.640. The van der Waals surface area contributed by atoms with Crippen LogP contribution in [0.5, 0.6) is 11.5 Å². The Kier molecular flexibility index (Phi) is 5.42. The van der Waals surface area contributed by atoms with Gasteiger partial charge in [-0.15, -0.1) is 0 Å². The van der Waals surface area contributed by atoms with Crippen molar-refractivity contribution in [3.63, 3.8) is 0 Å². The fourth-order valence-electron chi connectivity index (χ4n) is 2.33. The smallest absolute Gasteiger partial charge is 0.253 e. The van der Waals surface area contributed by atoms with Gasteiger partial charge in [-0.25, -0.2) is 0 Å². The predicted octanol–water partition coefficient (Wildman–Crippen LogP) is 2.07. The second kappa shape index (κ2) is 7.50. The monoisotopic (exact) mass is 328 g/mol. The third kappa shape index (κ3) is 3.84. The van der Waals surface area contributed by atoms with Gasteiger partial charge in [0, 0.05) is 19.2 Å². The molecule has 126 valence electrons. The summed E-state index contributed by atoms with van der Waals surface area (Å²) in [5.41, 5.74) is 6.86. The Morgan fingerprint density at radius 3 is 2.25 bits per heavy atom. The lowest BCUT2D eigenvalue weighted by Crippen LogP contribution is -2.26. The van der Waals surface area contributed by atoms with Crippen LogP contribution in [0, 0.1) is 0 Å². The highest BCUT2D eigenvalue weighted by Crippen LogP contribution is 2.21. The summed E-state index contributed by atoms with van der Waals surface area (Å²) in [6.45, 7) is 0.431. The zero-order valence-corrected chi connectivity index (χ0v) is 13.9. The summed E-state index contributed by atoms with van der Waals surface area (Å²) in [6, 6.07) is 12.1. The van der Waals surface area contributed by atoms with Gasteiger partial charge in [-0.1, -0.05) is 12.1 Å². The summed E-state index contributed by atoms with van der Waals surface area (Å²) in [5, 5.41) is 0. The van der Waals surface area contributed by atoms with Crippen molar-refractivity contribution >= 4 is 11.8 Å². The molecule has 0 aliphatic rings. The van der Waals surface area contributed by atoms with Crippen LogP contribution in [0.1, 0.15) is 26.3 Å². The highest BCUT2D eigenvalue weighted by Gasteiger charge is 2.16. The van der Waals surface area contributed by atoms with E-state index in [1.54, 1.807) is 31.2 Å². The first-order valence-corrected chi connectivity index (χ1v) is 7.32. The molecule has 2 aromatic carbocycles. The summed E-state index contributed by atoms with van der Waals surface area (Å²) >= 11 is 0. The van der Waals surface area contributed by atoms with Crippen molar-refractivity contribution in [1.29, 1.82) is 0 Å². The molecule has 0 bridgehead atoms. The fraction of sp³-hybridized carbons (Fsp3) is 0.222. The second-order valence-corrected chi connectivity index (χ2v) is 5.29. The van der Waals surface area contributed by atoms with Crippen LogP contribution in [0.15, 0.2) is 42.5 Å². The van der Waals surface area contributed by atoms with Crippen molar-refractivity contribution in [3.05, 3.63) is 59.2 Å². The third-order valence-electron chi connectivity index (χ3n) is 3.64. The Morgan fingerprint density at radius 2 is 1.71 bits per heavy atom. The first-order valence-electron chi connectivity index (χ1n) is 7.32. The first kappa shape index (κ1) is 17.3. The molecule has 2 N–H and O–H groups in total. The molecule has 0 aliphatic carbocycles. The standard InChI is InChI=1S/C18H20N2O4/c1-20(11-12-4-7-14(23-2)8-5-12)18(22)13-6-9-16(24-3)15(10-13)17(19)21/h4-10H,11H2,1-3H3,(H2,19,21). The number of methoxy groups -OCH3 is 2. The van der Waals surface area contributed by atoms with E-state index in [0.717, 1.165) is 11.3 Å². The summed E-state index contributed by atoms with van der Waals surface area (Å²) in [6.07, 6.45) is 0. The number of ether oxygens (including phenoxy) is 2. The van der Waals surface area contributed by atoms with Gasteiger partial charge >= 0.3 is 0 Å². The number of rotatable bonds is 6. The molecule has 0 heterocycles. The molecule has 24 heavy (non-hydrogen) atoms. The molecule has 0 saturated heterocycles. The van der Waals surface area contributed by atoms with E-state index >= 15 is 0 Å². The Hall–Kier alpha value is -3.02. The van der Waals surface area contributed by atoms with Gasteiger partial charge in [-0.05, 0) is 35.9 Å². The lowest BCUT2D eigenvalue weighted by atomic mass is 10.1. The van der Waals surface area contributed by atoms with Gasteiger partial charge in [-0.2, -0.15) is 0 Å². The number of hydrogen-bond donors (Lipinski definition) is 1. The number of amides is 2. The predicted molar refractivity (Wildman–Crippen MR) is 90.3 cm³/mol. The molecule has 0 aliphatic heterocycles. The maximum Gasteiger partial charge on any atom is 0.253 e. The van der Waals surface area contributed by atoms with Crippen LogP contribution in [-0.2, 0) is 6.54 Å². The molecule has 6 nitrogen and oxygen atoms in total.